The van der Waals surface area contributed by atoms with E-state index in [-0.39, 0.29) is 18.0 Å². The molecule has 0 bridgehead atoms. The van der Waals surface area contributed by atoms with Crippen LogP contribution in [0.25, 0.3) is 10.8 Å². The lowest BCUT2D eigenvalue weighted by Gasteiger charge is -2.23. The van der Waals surface area contributed by atoms with Gasteiger partial charge < -0.3 is 15.5 Å². The van der Waals surface area contributed by atoms with E-state index in [0.29, 0.717) is 17.8 Å². The molecule has 1 aliphatic carbocycles. The van der Waals surface area contributed by atoms with E-state index in [1.807, 2.05) is 37.3 Å². The second-order valence-electron chi connectivity index (χ2n) is 8.06. The average molecular weight is 416 g/mol. The Balaban J connectivity index is 1.46. The van der Waals surface area contributed by atoms with E-state index < -0.39 is 0 Å². The monoisotopic (exact) mass is 415 g/mol. The normalized spacial score (nSPS) is 14.2. The van der Waals surface area contributed by atoms with Crippen LogP contribution >= 0.6 is 0 Å². The molecule has 0 atom stereocenters. The SMILES string of the molecule is CCN(C(=O)c1ccc(NC(=O)NC2CCCCC2)cc1)c1cccc2ccccc12. The molecule has 160 valence electrons. The number of fused-ring (bicyclic) bond motifs is 1. The number of carbonyl (C=O) groups excluding carboxylic acids is 2. The Bertz CT molecular complexity index is 1050. The molecular formula is C26H29N3O2. The number of rotatable bonds is 5. The minimum absolute atomic E-state index is 0.0583. The number of benzene rings is 3. The predicted octanol–water partition coefficient (Wildman–Crippen LogP) is 5.96. The van der Waals surface area contributed by atoms with Crippen molar-refractivity contribution in [3.05, 3.63) is 72.3 Å². The summed E-state index contributed by atoms with van der Waals surface area (Å²) in [6.07, 6.45) is 5.69. The fourth-order valence-electron chi connectivity index (χ4n) is 4.32. The maximum atomic E-state index is 13.2. The molecule has 4 rings (SSSR count). The van der Waals surface area contributed by atoms with Crippen molar-refractivity contribution in [1.29, 1.82) is 0 Å². The molecule has 0 spiro atoms. The van der Waals surface area contributed by atoms with E-state index in [1.54, 1.807) is 29.2 Å². The van der Waals surface area contributed by atoms with Crippen LogP contribution in [0.2, 0.25) is 0 Å². The highest BCUT2D eigenvalue weighted by Gasteiger charge is 2.19. The molecule has 0 unspecified atom stereocenters. The predicted molar refractivity (Wildman–Crippen MR) is 127 cm³/mol. The van der Waals surface area contributed by atoms with E-state index in [9.17, 15) is 9.59 Å². The smallest absolute Gasteiger partial charge is 0.319 e. The Kier molecular flexibility index (Phi) is 6.51. The van der Waals surface area contributed by atoms with E-state index in [2.05, 4.69) is 22.8 Å². The Morgan fingerprint density at radius 2 is 1.61 bits per heavy atom. The van der Waals surface area contributed by atoms with E-state index >= 15 is 0 Å². The summed E-state index contributed by atoms with van der Waals surface area (Å²) in [5.41, 5.74) is 2.17. The Hall–Kier alpha value is -3.34. The van der Waals surface area contributed by atoms with Crippen LogP contribution < -0.4 is 15.5 Å². The quantitative estimate of drug-likeness (QED) is 0.540. The van der Waals surface area contributed by atoms with Gasteiger partial charge in [-0.25, -0.2) is 4.79 Å². The summed E-state index contributed by atoms with van der Waals surface area (Å²) in [5, 5.41) is 8.08. The average Bonchev–Trinajstić information content (AvgIpc) is 2.81. The van der Waals surface area contributed by atoms with Gasteiger partial charge in [-0.15, -0.1) is 0 Å². The van der Waals surface area contributed by atoms with Gasteiger partial charge >= 0.3 is 6.03 Å². The lowest BCUT2D eigenvalue weighted by molar-refractivity contribution is 0.0988. The van der Waals surface area contributed by atoms with Gasteiger partial charge in [-0.05, 0) is 55.5 Å². The molecule has 0 heterocycles. The molecule has 5 heteroatoms. The molecular weight excluding hydrogens is 386 g/mol. The van der Waals surface area contributed by atoms with E-state index in [4.69, 9.17) is 0 Å². The number of anilines is 2. The van der Waals surface area contributed by atoms with E-state index in [1.165, 1.54) is 19.3 Å². The highest BCUT2D eigenvalue weighted by Crippen LogP contribution is 2.28. The first kappa shape index (κ1) is 20.9. The van der Waals surface area contributed by atoms with Crippen molar-refractivity contribution in [2.24, 2.45) is 0 Å². The number of urea groups is 1. The van der Waals surface area contributed by atoms with Gasteiger partial charge in [0.05, 0.1) is 5.69 Å². The third-order valence-corrected chi connectivity index (χ3v) is 5.95. The third kappa shape index (κ3) is 4.88. The molecule has 0 radical (unpaired) electrons. The summed E-state index contributed by atoms with van der Waals surface area (Å²) in [6.45, 7) is 2.54. The van der Waals surface area contributed by atoms with Crippen molar-refractivity contribution in [2.75, 3.05) is 16.8 Å². The molecule has 0 saturated heterocycles. The van der Waals surface area contributed by atoms with Crippen LogP contribution in [0, 0.1) is 0 Å². The minimum Gasteiger partial charge on any atom is -0.335 e. The van der Waals surface area contributed by atoms with Gasteiger partial charge in [-0.3, -0.25) is 4.79 Å². The van der Waals surface area contributed by atoms with Crippen LogP contribution in [0.1, 0.15) is 49.4 Å². The van der Waals surface area contributed by atoms with Gasteiger partial charge in [-0.2, -0.15) is 0 Å². The zero-order valence-corrected chi connectivity index (χ0v) is 17.9. The lowest BCUT2D eigenvalue weighted by atomic mass is 9.96. The molecule has 3 aromatic carbocycles. The molecule has 1 fully saturated rings. The maximum absolute atomic E-state index is 13.2. The first-order valence-corrected chi connectivity index (χ1v) is 11.1. The van der Waals surface area contributed by atoms with Crippen LogP contribution in [0.3, 0.4) is 0 Å². The van der Waals surface area contributed by atoms with Crippen molar-refractivity contribution in [1.82, 2.24) is 5.32 Å². The van der Waals surface area contributed by atoms with Crippen LogP contribution in [0.15, 0.2) is 66.7 Å². The number of hydrogen-bond acceptors (Lipinski definition) is 2. The Morgan fingerprint density at radius 1 is 0.903 bits per heavy atom. The number of carbonyl (C=O) groups is 2. The van der Waals surface area contributed by atoms with Crippen molar-refractivity contribution in [2.45, 2.75) is 45.1 Å². The summed E-state index contributed by atoms with van der Waals surface area (Å²) < 4.78 is 0. The first-order chi connectivity index (χ1) is 15.2. The highest BCUT2D eigenvalue weighted by atomic mass is 16.2. The van der Waals surface area contributed by atoms with Gasteiger partial charge in [0.2, 0.25) is 0 Å². The first-order valence-electron chi connectivity index (χ1n) is 11.1. The highest BCUT2D eigenvalue weighted by molar-refractivity contribution is 6.11. The maximum Gasteiger partial charge on any atom is 0.319 e. The van der Waals surface area contributed by atoms with E-state index in [0.717, 1.165) is 29.3 Å². The zero-order chi connectivity index (χ0) is 21.6. The summed E-state index contributed by atoms with van der Waals surface area (Å²) in [4.78, 5) is 27.3. The van der Waals surface area contributed by atoms with Gasteiger partial charge in [0, 0.05) is 29.2 Å². The summed E-state index contributed by atoms with van der Waals surface area (Å²) in [7, 11) is 0. The Labute approximate surface area is 183 Å². The summed E-state index contributed by atoms with van der Waals surface area (Å²) >= 11 is 0. The summed E-state index contributed by atoms with van der Waals surface area (Å²) in [5.74, 6) is -0.0583. The van der Waals surface area contributed by atoms with Crippen LogP contribution in [0.5, 0.6) is 0 Å². The molecule has 3 aromatic rings. The fourth-order valence-corrected chi connectivity index (χ4v) is 4.32. The molecule has 1 aliphatic rings. The molecule has 5 nitrogen and oxygen atoms in total. The molecule has 0 aromatic heterocycles. The van der Waals surface area contributed by atoms with Gasteiger partial charge in [0.25, 0.3) is 5.91 Å². The van der Waals surface area contributed by atoms with Crippen LogP contribution in [-0.4, -0.2) is 24.5 Å². The third-order valence-electron chi connectivity index (χ3n) is 5.95. The lowest BCUT2D eigenvalue weighted by Crippen LogP contribution is -2.39. The largest absolute Gasteiger partial charge is 0.335 e. The second kappa shape index (κ2) is 9.65. The fraction of sp³-hybridized carbons (Fsp3) is 0.308. The molecule has 1 saturated carbocycles. The number of hydrogen-bond donors (Lipinski definition) is 2. The van der Waals surface area contributed by atoms with Crippen molar-refractivity contribution in [3.63, 3.8) is 0 Å². The van der Waals surface area contributed by atoms with Gasteiger partial charge in [-0.1, -0.05) is 55.7 Å². The molecule has 2 N–H and O–H groups in total. The molecule has 0 aliphatic heterocycles. The summed E-state index contributed by atoms with van der Waals surface area (Å²) in [6, 6.07) is 21.3. The zero-order valence-electron chi connectivity index (χ0n) is 17.9. The van der Waals surface area contributed by atoms with Crippen molar-refractivity contribution < 1.29 is 9.59 Å². The minimum atomic E-state index is -0.183. The van der Waals surface area contributed by atoms with Crippen molar-refractivity contribution >= 4 is 34.1 Å². The molecule has 31 heavy (non-hydrogen) atoms. The van der Waals surface area contributed by atoms with Crippen molar-refractivity contribution in [3.8, 4) is 0 Å². The Morgan fingerprint density at radius 3 is 2.35 bits per heavy atom. The number of amides is 3. The van der Waals surface area contributed by atoms with Crippen LogP contribution in [-0.2, 0) is 0 Å². The standard InChI is InChI=1S/C26H29N3O2/c1-2-29(24-14-8-10-19-9-6-7-13-23(19)24)25(30)20-15-17-22(18-16-20)28-26(31)27-21-11-4-3-5-12-21/h6-10,13-18,21H,2-5,11-12H2,1H3,(H2,27,28,31). The van der Waals surface area contributed by atoms with Gasteiger partial charge in [0.1, 0.15) is 0 Å². The molecule has 3 amide bonds. The van der Waals surface area contributed by atoms with Gasteiger partial charge in [0.15, 0.2) is 0 Å². The number of nitrogens with one attached hydrogen (secondary N) is 2. The second-order valence-corrected chi connectivity index (χ2v) is 8.06. The van der Waals surface area contributed by atoms with Crippen LogP contribution in [0.4, 0.5) is 16.2 Å². The number of nitrogens with zero attached hydrogens (tertiary/aromatic N) is 1. The topological polar surface area (TPSA) is 61.4 Å².